The Labute approximate surface area is 94.8 Å². The minimum Gasteiger partial charge on any atom is -0.353 e. The fourth-order valence-electron chi connectivity index (χ4n) is 1.17. The number of H-pyrrole nitrogens is 1. The molecular formula is C10H18N2O2S. The Morgan fingerprint density at radius 3 is 2.67 bits per heavy atom. The number of nitrogens with zero attached hydrogens (tertiary/aromatic N) is 1. The molecule has 4 nitrogen and oxygen atoms in total. The van der Waals surface area contributed by atoms with Gasteiger partial charge in [0.05, 0.1) is 0 Å². The monoisotopic (exact) mass is 230 g/mol. The van der Waals surface area contributed by atoms with E-state index in [4.69, 9.17) is 9.47 Å². The summed E-state index contributed by atoms with van der Waals surface area (Å²) in [5.41, 5.74) is 0. The van der Waals surface area contributed by atoms with Crippen LogP contribution in [0, 0.1) is 0 Å². The van der Waals surface area contributed by atoms with Crippen LogP contribution in [0.5, 0.6) is 0 Å². The zero-order valence-corrected chi connectivity index (χ0v) is 10.0. The Balaban J connectivity index is 2.15. The highest BCUT2D eigenvalue weighted by Crippen LogP contribution is 2.15. The first-order chi connectivity index (χ1) is 7.36. The molecule has 0 aliphatic rings. The molecule has 0 aromatic carbocycles. The van der Waals surface area contributed by atoms with Crippen LogP contribution in [0.1, 0.15) is 20.3 Å². The Morgan fingerprint density at radius 1 is 1.40 bits per heavy atom. The summed E-state index contributed by atoms with van der Waals surface area (Å²) >= 11 is 1.68. The zero-order valence-electron chi connectivity index (χ0n) is 9.23. The molecule has 0 aliphatic heterocycles. The number of hydrogen-bond acceptors (Lipinski definition) is 4. The highest BCUT2D eigenvalue weighted by molar-refractivity contribution is 7.99. The van der Waals surface area contributed by atoms with Crippen molar-refractivity contribution in [2.75, 3.05) is 19.0 Å². The Morgan fingerprint density at radius 2 is 2.13 bits per heavy atom. The van der Waals surface area contributed by atoms with Gasteiger partial charge in [0, 0.05) is 37.8 Å². The van der Waals surface area contributed by atoms with Crippen molar-refractivity contribution in [1.82, 2.24) is 9.97 Å². The van der Waals surface area contributed by atoms with Gasteiger partial charge in [-0.1, -0.05) is 11.8 Å². The second-order valence-electron chi connectivity index (χ2n) is 2.87. The van der Waals surface area contributed by atoms with E-state index in [-0.39, 0.29) is 6.29 Å². The van der Waals surface area contributed by atoms with Crippen LogP contribution in [-0.4, -0.2) is 35.2 Å². The maximum atomic E-state index is 5.44. The quantitative estimate of drug-likeness (QED) is 0.550. The van der Waals surface area contributed by atoms with E-state index < -0.39 is 0 Å². The molecule has 1 aromatic heterocycles. The van der Waals surface area contributed by atoms with Crippen LogP contribution in [-0.2, 0) is 9.47 Å². The minimum atomic E-state index is -0.0811. The number of imidazole rings is 1. The fraction of sp³-hybridized carbons (Fsp3) is 0.700. The van der Waals surface area contributed by atoms with Crippen molar-refractivity contribution in [2.45, 2.75) is 31.7 Å². The molecule has 5 heteroatoms. The summed E-state index contributed by atoms with van der Waals surface area (Å²) in [6.07, 6.45) is 4.38. The molecule has 0 saturated carbocycles. The second-order valence-corrected chi connectivity index (χ2v) is 3.96. The number of rotatable bonds is 8. The lowest BCUT2D eigenvalue weighted by molar-refractivity contribution is -0.136. The lowest BCUT2D eigenvalue weighted by atomic mass is 10.5. The first-order valence-electron chi connectivity index (χ1n) is 5.22. The van der Waals surface area contributed by atoms with Gasteiger partial charge in [0.1, 0.15) is 0 Å². The van der Waals surface area contributed by atoms with Gasteiger partial charge in [-0.25, -0.2) is 4.98 Å². The van der Waals surface area contributed by atoms with Crippen molar-refractivity contribution in [3.8, 4) is 0 Å². The van der Waals surface area contributed by atoms with E-state index >= 15 is 0 Å². The summed E-state index contributed by atoms with van der Waals surface area (Å²) < 4.78 is 10.9. The van der Waals surface area contributed by atoms with Gasteiger partial charge in [-0.2, -0.15) is 0 Å². The molecule has 1 N–H and O–H groups in total. The van der Waals surface area contributed by atoms with Gasteiger partial charge in [-0.3, -0.25) is 0 Å². The third-order valence-corrected chi connectivity index (χ3v) is 2.71. The average molecular weight is 230 g/mol. The summed E-state index contributed by atoms with van der Waals surface area (Å²) in [4.78, 5) is 7.18. The van der Waals surface area contributed by atoms with E-state index in [1.807, 2.05) is 20.0 Å². The van der Waals surface area contributed by atoms with Gasteiger partial charge >= 0.3 is 0 Å². The molecule has 1 aromatic rings. The van der Waals surface area contributed by atoms with E-state index in [0.29, 0.717) is 13.2 Å². The van der Waals surface area contributed by atoms with E-state index in [9.17, 15) is 0 Å². The fourth-order valence-corrected chi connectivity index (χ4v) is 1.96. The Hall–Kier alpha value is -0.520. The zero-order chi connectivity index (χ0) is 10.9. The molecule has 0 unspecified atom stereocenters. The van der Waals surface area contributed by atoms with Crippen molar-refractivity contribution < 1.29 is 9.47 Å². The third kappa shape index (κ3) is 5.20. The molecule has 0 radical (unpaired) electrons. The SMILES string of the molecule is CCOC(CCSc1ncc[nH]1)OCC. The average Bonchev–Trinajstić information content (AvgIpc) is 2.71. The van der Waals surface area contributed by atoms with Crippen LogP contribution in [0.2, 0.25) is 0 Å². The maximum absolute atomic E-state index is 5.44. The lowest BCUT2D eigenvalue weighted by Crippen LogP contribution is -2.18. The van der Waals surface area contributed by atoms with E-state index in [1.165, 1.54) is 0 Å². The van der Waals surface area contributed by atoms with Gasteiger partial charge in [0.15, 0.2) is 11.4 Å². The molecule has 0 amide bonds. The van der Waals surface area contributed by atoms with Crippen LogP contribution in [0.3, 0.4) is 0 Å². The largest absolute Gasteiger partial charge is 0.353 e. The van der Waals surface area contributed by atoms with Gasteiger partial charge in [-0.15, -0.1) is 0 Å². The number of aromatic nitrogens is 2. The molecule has 1 rings (SSSR count). The standard InChI is InChI=1S/C10H18N2O2S/c1-3-13-9(14-4-2)5-8-15-10-11-6-7-12-10/h6-7,9H,3-5,8H2,1-2H3,(H,11,12). The molecule has 86 valence electrons. The first kappa shape index (κ1) is 12.5. The summed E-state index contributed by atoms with van der Waals surface area (Å²) in [7, 11) is 0. The van der Waals surface area contributed by atoms with Crippen LogP contribution in [0.4, 0.5) is 0 Å². The molecular weight excluding hydrogens is 212 g/mol. The van der Waals surface area contributed by atoms with Crippen LogP contribution >= 0.6 is 11.8 Å². The molecule has 0 atom stereocenters. The van der Waals surface area contributed by atoms with E-state index in [2.05, 4.69) is 9.97 Å². The van der Waals surface area contributed by atoms with Crippen molar-refractivity contribution in [3.63, 3.8) is 0 Å². The van der Waals surface area contributed by atoms with Crippen molar-refractivity contribution in [3.05, 3.63) is 12.4 Å². The number of nitrogens with one attached hydrogen (secondary N) is 1. The summed E-state index contributed by atoms with van der Waals surface area (Å²) in [6, 6.07) is 0. The summed E-state index contributed by atoms with van der Waals surface area (Å²) in [5, 5.41) is 0.946. The van der Waals surface area contributed by atoms with Crippen LogP contribution in [0.15, 0.2) is 17.6 Å². The van der Waals surface area contributed by atoms with Gasteiger partial charge in [-0.05, 0) is 13.8 Å². The lowest BCUT2D eigenvalue weighted by Gasteiger charge is -2.15. The van der Waals surface area contributed by atoms with Gasteiger partial charge in [0.2, 0.25) is 0 Å². The highest BCUT2D eigenvalue weighted by Gasteiger charge is 2.07. The predicted octanol–water partition coefficient (Wildman–Crippen LogP) is 2.29. The highest BCUT2D eigenvalue weighted by atomic mass is 32.2. The predicted molar refractivity (Wildman–Crippen MR) is 61.0 cm³/mol. The maximum Gasteiger partial charge on any atom is 0.165 e. The molecule has 15 heavy (non-hydrogen) atoms. The van der Waals surface area contributed by atoms with Crippen LogP contribution < -0.4 is 0 Å². The summed E-state index contributed by atoms with van der Waals surface area (Å²) in [6.45, 7) is 5.34. The molecule has 1 heterocycles. The molecule has 0 aliphatic carbocycles. The van der Waals surface area contributed by atoms with Gasteiger partial charge in [0.25, 0.3) is 0 Å². The number of thioether (sulfide) groups is 1. The third-order valence-electron chi connectivity index (χ3n) is 1.77. The number of aromatic amines is 1. The number of ether oxygens (including phenoxy) is 2. The topological polar surface area (TPSA) is 47.1 Å². The molecule has 0 fully saturated rings. The second kappa shape index (κ2) is 7.73. The smallest absolute Gasteiger partial charge is 0.165 e. The Bertz CT molecular complexity index is 236. The molecule has 0 spiro atoms. The van der Waals surface area contributed by atoms with E-state index in [0.717, 1.165) is 17.3 Å². The van der Waals surface area contributed by atoms with Gasteiger partial charge < -0.3 is 14.5 Å². The van der Waals surface area contributed by atoms with Crippen LogP contribution in [0.25, 0.3) is 0 Å². The van der Waals surface area contributed by atoms with Crippen molar-refractivity contribution >= 4 is 11.8 Å². The Kier molecular flexibility index (Phi) is 6.47. The van der Waals surface area contributed by atoms with Crippen molar-refractivity contribution in [1.29, 1.82) is 0 Å². The van der Waals surface area contributed by atoms with E-state index in [1.54, 1.807) is 18.0 Å². The number of hydrogen-bond donors (Lipinski definition) is 1. The molecule has 0 bridgehead atoms. The minimum absolute atomic E-state index is 0.0811. The normalized spacial score (nSPS) is 11.1. The first-order valence-corrected chi connectivity index (χ1v) is 6.20. The molecule has 0 saturated heterocycles. The van der Waals surface area contributed by atoms with Crippen molar-refractivity contribution in [2.24, 2.45) is 0 Å². The summed E-state index contributed by atoms with van der Waals surface area (Å²) in [5.74, 6) is 0.943.